The third kappa shape index (κ3) is 3.60. The van der Waals surface area contributed by atoms with E-state index < -0.39 is 17.8 Å². The average molecular weight is 399 g/mol. The van der Waals surface area contributed by atoms with Gasteiger partial charge in [0.2, 0.25) is 0 Å². The average Bonchev–Trinajstić information content (AvgIpc) is 3.15. The minimum Gasteiger partial charge on any atom is -0.457 e. The predicted octanol–water partition coefficient (Wildman–Crippen LogP) is 4.39. The highest BCUT2D eigenvalue weighted by Gasteiger charge is 2.40. The Balaban J connectivity index is 1.61. The Labute approximate surface area is 167 Å². The number of imide groups is 2. The second kappa shape index (κ2) is 7.64. The van der Waals surface area contributed by atoms with Crippen molar-refractivity contribution < 1.29 is 18.8 Å². The van der Waals surface area contributed by atoms with Crippen LogP contribution in [0, 0.1) is 0 Å². The van der Waals surface area contributed by atoms with Gasteiger partial charge in [0.05, 0.1) is 0 Å². The molecule has 1 aliphatic heterocycles. The van der Waals surface area contributed by atoms with E-state index in [1.54, 1.807) is 24.3 Å². The van der Waals surface area contributed by atoms with Crippen LogP contribution in [0.2, 0.25) is 5.02 Å². The monoisotopic (exact) mass is 398 g/mol. The Morgan fingerprint density at radius 3 is 2.43 bits per heavy atom. The van der Waals surface area contributed by atoms with Crippen molar-refractivity contribution in [1.29, 1.82) is 0 Å². The fourth-order valence-electron chi connectivity index (χ4n) is 3.68. The van der Waals surface area contributed by atoms with E-state index in [4.69, 9.17) is 16.0 Å². The first-order valence-electron chi connectivity index (χ1n) is 9.29. The zero-order valence-electron chi connectivity index (χ0n) is 15.1. The zero-order chi connectivity index (χ0) is 19.7. The molecule has 1 aromatic heterocycles. The van der Waals surface area contributed by atoms with Gasteiger partial charge in [0.25, 0.3) is 11.8 Å². The first kappa shape index (κ1) is 18.5. The van der Waals surface area contributed by atoms with E-state index in [1.165, 1.54) is 11.0 Å². The molecule has 7 heteroatoms. The molecule has 4 amide bonds. The molecule has 2 heterocycles. The number of hydrogen-bond acceptors (Lipinski definition) is 4. The number of benzene rings is 1. The molecule has 0 atom stereocenters. The smallest absolute Gasteiger partial charge is 0.331 e. The lowest BCUT2D eigenvalue weighted by molar-refractivity contribution is -0.132. The van der Waals surface area contributed by atoms with Gasteiger partial charge in [-0.1, -0.05) is 30.9 Å². The minimum atomic E-state index is -0.702. The quantitative estimate of drug-likeness (QED) is 0.614. The third-order valence-electron chi connectivity index (χ3n) is 5.12. The van der Waals surface area contributed by atoms with Gasteiger partial charge < -0.3 is 4.42 Å². The first-order valence-corrected chi connectivity index (χ1v) is 9.67. The molecule has 144 valence electrons. The number of rotatable bonds is 3. The molecule has 1 aromatic carbocycles. The normalized spacial score (nSPS) is 20.0. The maximum atomic E-state index is 12.9. The molecule has 2 aromatic rings. The van der Waals surface area contributed by atoms with Crippen LogP contribution in [0.15, 0.2) is 46.4 Å². The van der Waals surface area contributed by atoms with Gasteiger partial charge in [-0.05, 0) is 55.3 Å². The van der Waals surface area contributed by atoms with Crippen LogP contribution < -0.4 is 5.32 Å². The molecule has 0 unspecified atom stereocenters. The molecule has 1 aliphatic carbocycles. The predicted molar refractivity (Wildman–Crippen MR) is 104 cm³/mol. The molecule has 0 spiro atoms. The molecule has 1 N–H and O–H groups in total. The second-order valence-corrected chi connectivity index (χ2v) is 7.43. The van der Waals surface area contributed by atoms with Crippen molar-refractivity contribution in [3.8, 4) is 11.3 Å². The largest absolute Gasteiger partial charge is 0.457 e. The zero-order valence-corrected chi connectivity index (χ0v) is 15.9. The Morgan fingerprint density at radius 2 is 1.71 bits per heavy atom. The number of barbiturate groups is 1. The van der Waals surface area contributed by atoms with E-state index in [0.717, 1.165) is 37.7 Å². The highest BCUT2D eigenvalue weighted by atomic mass is 35.5. The number of nitrogens with zero attached hydrogens (tertiary/aromatic N) is 1. The molecular formula is C21H19ClN2O4. The van der Waals surface area contributed by atoms with E-state index in [0.29, 0.717) is 16.5 Å². The SMILES string of the molecule is O=C1NC(=O)N(C2CCCCC2)C(=O)/C1=C/c1ccc(-c2ccc(Cl)cc2)o1. The summed E-state index contributed by atoms with van der Waals surface area (Å²) < 4.78 is 5.76. The molecule has 2 fully saturated rings. The van der Waals surface area contributed by atoms with Gasteiger partial charge in [-0.3, -0.25) is 19.8 Å². The van der Waals surface area contributed by atoms with Crippen LogP contribution >= 0.6 is 11.6 Å². The lowest BCUT2D eigenvalue weighted by atomic mass is 9.93. The minimum absolute atomic E-state index is 0.0952. The highest BCUT2D eigenvalue weighted by Crippen LogP contribution is 2.28. The summed E-state index contributed by atoms with van der Waals surface area (Å²) in [5, 5.41) is 2.89. The lowest BCUT2D eigenvalue weighted by Gasteiger charge is -2.35. The fraction of sp³-hybridized carbons (Fsp3) is 0.286. The van der Waals surface area contributed by atoms with Gasteiger partial charge >= 0.3 is 6.03 Å². The topological polar surface area (TPSA) is 79.6 Å². The number of carbonyl (C=O) groups excluding carboxylic acids is 3. The Kier molecular flexibility index (Phi) is 5.05. The number of amides is 4. The maximum absolute atomic E-state index is 12.9. The van der Waals surface area contributed by atoms with Gasteiger partial charge in [0.15, 0.2) is 0 Å². The second-order valence-electron chi connectivity index (χ2n) is 6.99. The van der Waals surface area contributed by atoms with Crippen LogP contribution in [-0.2, 0) is 9.59 Å². The molecule has 1 saturated carbocycles. The molecule has 0 radical (unpaired) electrons. The van der Waals surface area contributed by atoms with E-state index in [9.17, 15) is 14.4 Å². The molecule has 1 saturated heterocycles. The van der Waals surface area contributed by atoms with Crippen LogP contribution in [0.25, 0.3) is 17.4 Å². The summed E-state index contributed by atoms with van der Waals surface area (Å²) >= 11 is 5.90. The van der Waals surface area contributed by atoms with Crippen LogP contribution in [-0.4, -0.2) is 28.8 Å². The van der Waals surface area contributed by atoms with Crippen molar-refractivity contribution in [3.63, 3.8) is 0 Å². The molecular weight excluding hydrogens is 380 g/mol. The van der Waals surface area contributed by atoms with Gasteiger partial charge in [0, 0.05) is 16.6 Å². The molecule has 28 heavy (non-hydrogen) atoms. The highest BCUT2D eigenvalue weighted by molar-refractivity contribution is 6.31. The van der Waals surface area contributed by atoms with Crippen molar-refractivity contribution in [2.24, 2.45) is 0 Å². The van der Waals surface area contributed by atoms with E-state index in [1.807, 2.05) is 12.1 Å². The van der Waals surface area contributed by atoms with E-state index in [2.05, 4.69) is 5.32 Å². The number of carbonyl (C=O) groups is 3. The molecule has 0 bridgehead atoms. The van der Waals surface area contributed by atoms with Gasteiger partial charge in [-0.15, -0.1) is 0 Å². The van der Waals surface area contributed by atoms with Crippen LogP contribution in [0.3, 0.4) is 0 Å². The van der Waals surface area contributed by atoms with Crippen LogP contribution in [0.4, 0.5) is 4.79 Å². The fourth-order valence-corrected chi connectivity index (χ4v) is 3.81. The summed E-state index contributed by atoms with van der Waals surface area (Å²) in [6.07, 6.45) is 5.96. The lowest BCUT2D eigenvalue weighted by Crippen LogP contribution is -2.58. The summed E-state index contributed by atoms with van der Waals surface area (Å²) in [7, 11) is 0. The Bertz CT molecular complexity index is 955. The standard InChI is InChI=1S/C21H19ClN2O4/c22-14-8-6-13(7-9-14)18-11-10-16(28-18)12-17-19(25)23-21(27)24(20(17)26)15-4-2-1-3-5-15/h6-12,15H,1-5H2,(H,23,25,27)/b17-12+. The van der Waals surface area contributed by atoms with Crippen molar-refractivity contribution in [2.45, 2.75) is 38.1 Å². The number of hydrogen-bond donors (Lipinski definition) is 1. The van der Waals surface area contributed by atoms with Crippen LogP contribution in [0.5, 0.6) is 0 Å². The number of nitrogens with one attached hydrogen (secondary N) is 1. The van der Waals surface area contributed by atoms with E-state index >= 15 is 0 Å². The molecule has 4 rings (SSSR count). The third-order valence-corrected chi connectivity index (χ3v) is 5.37. The number of urea groups is 1. The van der Waals surface area contributed by atoms with Crippen molar-refractivity contribution in [3.05, 3.63) is 52.8 Å². The molecule has 6 nitrogen and oxygen atoms in total. The summed E-state index contributed by atoms with van der Waals surface area (Å²) in [4.78, 5) is 38.6. The number of halogens is 1. The summed E-state index contributed by atoms with van der Waals surface area (Å²) in [6, 6.07) is 9.77. The summed E-state index contributed by atoms with van der Waals surface area (Å²) in [5.74, 6) is -0.314. The van der Waals surface area contributed by atoms with Crippen LogP contribution in [0.1, 0.15) is 37.9 Å². The van der Waals surface area contributed by atoms with Crippen molar-refractivity contribution in [2.75, 3.05) is 0 Å². The van der Waals surface area contributed by atoms with Gasteiger partial charge in [-0.25, -0.2) is 4.79 Å². The first-order chi connectivity index (χ1) is 13.5. The Hall–Kier alpha value is -2.86. The van der Waals surface area contributed by atoms with E-state index in [-0.39, 0.29) is 11.6 Å². The molecule has 2 aliphatic rings. The Morgan fingerprint density at radius 1 is 1.00 bits per heavy atom. The van der Waals surface area contributed by atoms with Crippen molar-refractivity contribution in [1.82, 2.24) is 10.2 Å². The summed E-state index contributed by atoms with van der Waals surface area (Å²) in [6.45, 7) is 0. The number of furan rings is 1. The van der Waals surface area contributed by atoms with Crippen molar-refractivity contribution >= 4 is 35.5 Å². The maximum Gasteiger partial charge on any atom is 0.331 e. The summed E-state index contributed by atoms with van der Waals surface area (Å²) in [5.41, 5.74) is 0.731. The van der Waals surface area contributed by atoms with Gasteiger partial charge in [0.1, 0.15) is 17.1 Å². The van der Waals surface area contributed by atoms with Gasteiger partial charge in [-0.2, -0.15) is 0 Å².